The molecular weight excluding hydrogens is 379 g/mol. The highest BCUT2D eigenvalue weighted by Gasteiger charge is 2.35. The Morgan fingerprint density at radius 1 is 1.32 bits per heavy atom. The summed E-state index contributed by atoms with van der Waals surface area (Å²) in [5.74, 6) is 0.260. The summed E-state index contributed by atoms with van der Waals surface area (Å²) < 4.78 is 44.3. The van der Waals surface area contributed by atoms with Gasteiger partial charge in [0, 0.05) is 42.7 Å². The number of aromatic hydroxyl groups is 1. The third-order valence-corrected chi connectivity index (χ3v) is 3.78. The Morgan fingerprint density at radius 2 is 2.07 bits per heavy atom. The zero-order valence-corrected chi connectivity index (χ0v) is 14.9. The number of para-hydroxylation sites is 1. The predicted molar refractivity (Wildman–Crippen MR) is 98.3 cm³/mol. The van der Waals surface area contributed by atoms with Gasteiger partial charge in [0.25, 0.3) is 5.69 Å². The number of rotatable bonds is 8. The number of hydrogen-bond donors (Lipinski definition) is 2. The summed E-state index contributed by atoms with van der Waals surface area (Å²) in [5.41, 5.74) is -1.48. The molecule has 0 radical (unpaired) electrons. The van der Waals surface area contributed by atoms with Crippen molar-refractivity contribution in [3.63, 3.8) is 0 Å². The molecular formula is C18H18F3N3O4. The Labute approximate surface area is 158 Å². The summed E-state index contributed by atoms with van der Waals surface area (Å²) in [7, 11) is 1.43. The molecule has 2 rings (SSSR count). The van der Waals surface area contributed by atoms with Gasteiger partial charge < -0.3 is 15.2 Å². The van der Waals surface area contributed by atoms with Crippen LogP contribution < -0.4 is 10.1 Å². The minimum absolute atomic E-state index is 0.0485. The van der Waals surface area contributed by atoms with E-state index in [2.05, 4.69) is 10.3 Å². The van der Waals surface area contributed by atoms with Gasteiger partial charge in [-0.25, -0.2) is 0 Å². The van der Waals surface area contributed by atoms with Crippen LogP contribution in [0.1, 0.15) is 17.5 Å². The van der Waals surface area contributed by atoms with Crippen molar-refractivity contribution in [1.82, 2.24) is 0 Å². The van der Waals surface area contributed by atoms with Crippen LogP contribution in [0.4, 0.5) is 24.5 Å². The third-order valence-electron chi connectivity index (χ3n) is 3.78. The highest BCUT2D eigenvalue weighted by Crippen LogP contribution is 2.37. The first kappa shape index (κ1) is 21.0. The van der Waals surface area contributed by atoms with E-state index in [1.165, 1.54) is 13.3 Å². The first-order valence-corrected chi connectivity index (χ1v) is 8.19. The van der Waals surface area contributed by atoms with E-state index < -0.39 is 22.4 Å². The van der Waals surface area contributed by atoms with Crippen molar-refractivity contribution in [2.75, 3.05) is 25.5 Å². The molecule has 0 fully saturated rings. The van der Waals surface area contributed by atoms with Gasteiger partial charge in [-0.2, -0.15) is 13.2 Å². The number of nitro benzene ring substituents is 1. The third kappa shape index (κ3) is 5.35. The predicted octanol–water partition coefficient (Wildman–Crippen LogP) is 4.25. The molecule has 0 heterocycles. The molecule has 2 aromatic rings. The van der Waals surface area contributed by atoms with E-state index in [9.17, 15) is 28.4 Å². The van der Waals surface area contributed by atoms with Crippen molar-refractivity contribution in [2.45, 2.75) is 12.6 Å². The maximum atomic E-state index is 13.1. The average molecular weight is 397 g/mol. The zero-order valence-electron chi connectivity index (χ0n) is 14.9. The van der Waals surface area contributed by atoms with Gasteiger partial charge in [-0.3, -0.25) is 15.1 Å². The van der Waals surface area contributed by atoms with Gasteiger partial charge in [-0.1, -0.05) is 6.07 Å². The number of nitrogens with one attached hydrogen (secondary N) is 1. The summed E-state index contributed by atoms with van der Waals surface area (Å²) in [6.45, 7) is 0.486. The lowest BCUT2D eigenvalue weighted by Gasteiger charge is -2.14. The normalized spacial score (nSPS) is 11.6. The molecule has 0 atom stereocenters. The molecule has 0 aliphatic rings. The standard InChI is InChI=1S/C18H18F3N3O4/c1-28-16-5-2-4-12(17(16)25)11-22-8-3-9-23-15-7-6-13(24(26)27)10-14(15)18(19,20)21/h2,4-7,10-11,23,25H,3,8-9H2,1H3. The summed E-state index contributed by atoms with van der Waals surface area (Å²) in [6.07, 6.45) is -2.85. The molecule has 0 saturated heterocycles. The number of ether oxygens (including phenoxy) is 1. The molecule has 0 spiro atoms. The molecule has 150 valence electrons. The highest BCUT2D eigenvalue weighted by molar-refractivity contribution is 5.84. The van der Waals surface area contributed by atoms with Gasteiger partial charge in [0.1, 0.15) is 0 Å². The number of nitro groups is 1. The maximum absolute atomic E-state index is 13.1. The van der Waals surface area contributed by atoms with Gasteiger partial charge >= 0.3 is 6.18 Å². The fourth-order valence-corrected chi connectivity index (χ4v) is 2.40. The van der Waals surface area contributed by atoms with E-state index in [-0.39, 0.29) is 18.0 Å². The lowest BCUT2D eigenvalue weighted by molar-refractivity contribution is -0.385. The van der Waals surface area contributed by atoms with E-state index in [1.54, 1.807) is 18.2 Å². The van der Waals surface area contributed by atoms with Crippen LogP contribution >= 0.6 is 0 Å². The van der Waals surface area contributed by atoms with Crippen molar-refractivity contribution < 1.29 is 27.9 Å². The Hall–Kier alpha value is -3.30. The fraction of sp³-hybridized carbons (Fsp3) is 0.278. The first-order chi connectivity index (χ1) is 13.2. The number of benzene rings is 2. The molecule has 7 nitrogen and oxygen atoms in total. The van der Waals surface area contributed by atoms with Crippen molar-refractivity contribution in [2.24, 2.45) is 4.99 Å². The van der Waals surface area contributed by atoms with Gasteiger partial charge in [0.2, 0.25) is 0 Å². The second kappa shape index (κ2) is 9.07. The Kier molecular flexibility index (Phi) is 6.80. The molecule has 0 saturated carbocycles. The van der Waals surface area contributed by atoms with Gasteiger partial charge in [-0.05, 0) is 24.6 Å². The van der Waals surface area contributed by atoms with Gasteiger partial charge in [-0.15, -0.1) is 0 Å². The molecule has 10 heteroatoms. The topological polar surface area (TPSA) is 97.0 Å². The van der Waals surface area contributed by atoms with E-state index in [4.69, 9.17) is 4.74 Å². The van der Waals surface area contributed by atoms with Crippen LogP contribution in [-0.2, 0) is 6.18 Å². The lowest BCUT2D eigenvalue weighted by Crippen LogP contribution is -2.12. The second-order valence-corrected chi connectivity index (χ2v) is 5.70. The number of aliphatic imine (C=N–C) groups is 1. The number of non-ortho nitro benzene ring substituents is 1. The second-order valence-electron chi connectivity index (χ2n) is 5.70. The minimum Gasteiger partial charge on any atom is -0.504 e. The molecule has 0 amide bonds. The highest BCUT2D eigenvalue weighted by atomic mass is 19.4. The first-order valence-electron chi connectivity index (χ1n) is 8.19. The Bertz CT molecular complexity index is 870. The van der Waals surface area contributed by atoms with E-state index in [0.29, 0.717) is 30.3 Å². The minimum atomic E-state index is -4.71. The number of methoxy groups -OCH3 is 1. The van der Waals surface area contributed by atoms with Crippen LogP contribution in [0.15, 0.2) is 41.4 Å². The summed E-state index contributed by atoms with van der Waals surface area (Å²) in [5, 5.41) is 23.2. The van der Waals surface area contributed by atoms with E-state index in [0.717, 1.165) is 12.1 Å². The molecule has 0 aromatic heterocycles. The number of anilines is 1. The van der Waals surface area contributed by atoms with Gasteiger partial charge in [0.05, 0.1) is 17.6 Å². The molecule has 2 N–H and O–H groups in total. The largest absolute Gasteiger partial charge is 0.504 e. The molecule has 0 aliphatic carbocycles. The van der Waals surface area contributed by atoms with Crippen LogP contribution in [-0.4, -0.2) is 36.4 Å². The quantitative estimate of drug-likeness (QED) is 0.300. The zero-order chi connectivity index (χ0) is 20.7. The molecule has 0 unspecified atom stereocenters. The van der Waals surface area contributed by atoms with Crippen LogP contribution in [0, 0.1) is 10.1 Å². The van der Waals surface area contributed by atoms with Crippen LogP contribution in [0.25, 0.3) is 0 Å². The maximum Gasteiger partial charge on any atom is 0.418 e. The fourth-order valence-electron chi connectivity index (χ4n) is 2.40. The number of phenols is 1. The van der Waals surface area contributed by atoms with E-state index >= 15 is 0 Å². The smallest absolute Gasteiger partial charge is 0.418 e. The number of phenolic OH excluding ortho intramolecular Hbond substituents is 1. The number of nitrogens with zero attached hydrogens (tertiary/aromatic N) is 2. The molecule has 0 bridgehead atoms. The Balaban J connectivity index is 1.94. The van der Waals surface area contributed by atoms with Crippen molar-refractivity contribution >= 4 is 17.6 Å². The van der Waals surface area contributed by atoms with E-state index in [1.807, 2.05) is 0 Å². The van der Waals surface area contributed by atoms with Crippen molar-refractivity contribution in [3.8, 4) is 11.5 Å². The average Bonchev–Trinajstić information content (AvgIpc) is 2.64. The number of hydrogen-bond acceptors (Lipinski definition) is 6. The number of alkyl halides is 3. The molecule has 28 heavy (non-hydrogen) atoms. The monoisotopic (exact) mass is 397 g/mol. The van der Waals surface area contributed by atoms with Crippen LogP contribution in [0.5, 0.6) is 11.5 Å². The molecule has 2 aromatic carbocycles. The summed E-state index contributed by atoms with van der Waals surface area (Å²) in [6, 6.07) is 7.49. The van der Waals surface area contributed by atoms with Crippen molar-refractivity contribution in [3.05, 3.63) is 57.6 Å². The van der Waals surface area contributed by atoms with Crippen LogP contribution in [0.2, 0.25) is 0 Å². The van der Waals surface area contributed by atoms with Crippen molar-refractivity contribution in [1.29, 1.82) is 0 Å². The van der Waals surface area contributed by atoms with Gasteiger partial charge in [0.15, 0.2) is 11.5 Å². The molecule has 0 aliphatic heterocycles. The SMILES string of the molecule is COc1cccc(C=NCCCNc2ccc([N+](=O)[O-])cc2C(F)(F)F)c1O. The Morgan fingerprint density at radius 3 is 2.71 bits per heavy atom. The summed E-state index contributed by atoms with van der Waals surface area (Å²) in [4.78, 5) is 13.9. The summed E-state index contributed by atoms with van der Waals surface area (Å²) >= 11 is 0. The lowest BCUT2D eigenvalue weighted by atomic mass is 10.1. The van der Waals surface area contributed by atoms with Crippen LogP contribution in [0.3, 0.4) is 0 Å². The number of halogens is 3.